The second-order valence-electron chi connectivity index (χ2n) is 4.58. The minimum atomic E-state index is -0.0773. The molecule has 1 amide bonds. The molecular formula is C14H21ClN2O. The molecule has 0 aliphatic heterocycles. The molecule has 3 N–H and O–H groups in total. The van der Waals surface area contributed by atoms with Crippen LogP contribution in [0.5, 0.6) is 0 Å². The summed E-state index contributed by atoms with van der Waals surface area (Å²) in [5.74, 6) is 0.0364. The largest absolute Gasteiger partial charge is 0.349 e. The summed E-state index contributed by atoms with van der Waals surface area (Å²) in [4.78, 5) is 11.9. The van der Waals surface area contributed by atoms with Crippen LogP contribution in [-0.2, 0) is 4.79 Å². The standard InChI is InChI=1S/C14H21ClN2O/c1-10(6-5-9-16)14(18)17-11(2)12-7-3-4-8-13(12)15/h3-4,7-8,10-11H,5-6,9,16H2,1-2H3,(H,17,18). The van der Waals surface area contributed by atoms with Gasteiger partial charge in [0.15, 0.2) is 0 Å². The number of benzene rings is 1. The molecule has 1 aromatic rings. The number of rotatable bonds is 6. The maximum Gasteiger partial charge on any atom is 0.223 e. The fourth-order valence-corrected chi connectivity index (χ4v) is 2.11. The molecule has 100 valence electrons. The van der Waals surface area contributed by atoms with E-state index in [0.29, 0.717) is 11.6 Å². The van der Waals surface area contributed by atoms with Crippen LogP contribution >= 0.6 is 11.6 Å². The maximum atomic E-state index is 11.9. The van der Waals surface area contributed by atoms with Crippen molar-refractivity contribution in [1.29, 1.82) is 0 Å². The average Bonchev–Trinajstić information content (AvgIpc) is 2.36. The van der Waals surface area contributed by atoms with E-state index in [9.17, 15) is 4.79 Å². The quantitative estimate of drug-likeness (QED) is 0.834. The first-order valence-electron chi connectivity index (χ1n) is 6.31. The molecule has 0 bridgehead atoms. The molecule has 18 heavy (non-hydrogen) atoms. The van der Waals surface area contributed by atoms with Gasteiger partial charge < -0.3 is 11.1 Å². The van der Waals surface area contributed by atoms with Crippen molar-refractivity contribution in [2.24, 2.45) is 11.7 Å². The predicted octanol–water partition coefficient (Wildman–Crippen LogP) is 2.89. The smallest absolute Gasteiger partial charge is 0.223 e. The fraction of sp³-hybridized carbons (Fsp3) is 0.500. The first-order valence-corrected chi connectivity index (χ1v) is 6.69. The fourth-order valence-electron chi connectivity index (χ4n) is 1.81. The molecule has 0 heterocycles. The number of nitrogens with one attached hydrogen (secondary N) is 1. The van der Waals surface area contributed by atoms with Crippen LogP contribution in [0.4, 0.5) is 0 Å². The van der Waals surface area contributed by atoms with Gasteiger partial charge in [-0.15, -0.1) is 0 Å². The van der Waals surface area contributed by atoms with Crippen LogP contribution in [0.2, 0.25) is 5.02 Å². The van der Waals surface area contributed by atoms with E-state index in [1.807, 2.05) is 38.1 Å². The van der Waals surface area contributed by atoms with E-state index in [2.05, 4.69) is 5.32 Å². The zero-order valence-electron chi connectivity index (χ0n) is 10.9. The van der Waals surface area contributed by atoms with Gasteiger partial charge in [0.1, 0.15) is 0 Å². The van der Waals surface area contributed by atoms with E-state index in [1.54, 1.807) is 0 Å². The zero-order valence-corrected chi connectivity index (χ0v) is 11.7. The van der Waals surface area contributed by atoms with Crippen molar-refractivity contribution >= 4 is 17.5 Å². The van der Waals surface area contributed by atoms with Gasteiger partial charge in [0.05, 0.1) is 6.04 Å². The summed E-state index contributed by atoms with van der Waals surface area (Å²) in [6.45, 7) is 4.48. The molecule has 0 aliphatic carbocycles. The Labute approximate surface area is 114 Å². The Morgan fingerprint density at radius 2 is 2.06 bits per heavy atom. The molecule has 2 unspecified atom stereocenters. The molecule has 4 heteroatoms. The molecule has 0 aliphatic rings. The normalized spacial score (nSPS) is 14.0. The van der Waals surface area contributed by atoms with Crippen LogP contribution in [0.15, 0.2) is 24.3 Å². The van der Waals surface area contributed by atoms with Crippen molar-refractivity contribution in [3.05, 3.63) is 34.9 Å². The number of carbonyl (C=O) groups excluding carboxylic acids is 1. The highest BCUT2D eigenvalue weighted by molar-refractivity contribution is 6.31. The van der Waals surface area contributed by atoms with E-state index >= 15 is 0 Å². The zero-order chi connectivity index (χ0) is 13.5. The van der Waals surface area contributed by atoms with Gasteiger partial charge in [0, 0.05) is 10.9 Å². The van der Waals surface area contributed by atoms with Crippen LogP contribution in [0.3, 0.4) is 0 Å². The Bertz CT molecular complexity index is 395. The SMILES string of the molecule is CC(CCCN)C(=O)NC(C)c1ccccc1Cl. The van der Waals surface area contributed by atoms with Crippen molar-refractivity contribution in [2.45, 2.75) is 32.7 Å². The highest BCUT2D eigenvalue weighted by Gasteiger charge is 2.16. The lowest BCUT2D eigenvalue weighted by atomic mass is 10.0. The lowest BCUT2D eigenvalue weighted by Crippen LogP contribution is -2.31. The molecule has 0 saturated carbocycles. The average molecular weight is 269 g/mol. The third kappa shape index (κ3) is 4.31. The second kappa shape index (κ2) is 7.39. The third-order valence-electron chi connectivity index (χ3n) is 3.02. The van der Waals surface area contributed by atoms with Gasteiger partial charge in [0.25, 0.3) is 0 Å². The summed E-state index contributed by atoms with van der Waals surface area (Å²) in [5, 5.41) is 3.66. The van der Waals surface area contributed by atoms with Crippen LogP contribution in [0.25, 0.3) is 0 Å². The molecule has 1 rings (SSSR count). The number of nitrogens with two attached hydrogens (primary N) is 1. The van der Waals surface area contributed by atoms with Crippen molar-refractivity contribution < 1.29 is 4.79 Å². The van der Waals surface area contributed by atoms with E-state index in [-0.39, 0.29) is 17.9 Å². The molecule has 0 saturated heterocycles. The molecule has 0 aromatic heterocycles. The van der Waals surface area contributed by atoms with Gasteiger partial charge in [0.2, 0.25) is 5.91 Å². The topological polar surface area (TPSA) is 55.1 Å². The Hall–Kier alpha value is -1.06. The molecule has 3 nitrogen and oxygen atoms in total. The van der Waals surface area contributed by atoms with Crippen molar-refractivity contribution in [2.75, 3.05) is 6.54 Å². The number of hydrogen-bond acceptors (Lipinski definition) is 2. The van der Waals surface area contributed by atoms with Gasteiger partial charge in [-0.3, -0.25) is 4.79 Å². The minimum Gasteiger partial charge on any atom is -0.349 e. The van der Waals surface area contributed by atoms with Crippen molar-refractivity contribution in [3.8, 4) is 0 Å². The van der Waals surface area contributed by atoms with Gasteiger partial charge in [-0.2, -0.15) is 0 Å². The maximum absolute atomic E-state index is 11.9. The molecule has 0 spiro atoms. The van der Waals surface area contributed by atoms with Gasteiger partial charge in [-0.1, -0.05) is 36.7 Å². The highest BCUT2D eigenvalue weighted by atomic mass is 35.5. The van der Waals surface area contributed by atoms with E-state index < -0.39 is 0 Å². The Kier molecular flexibility index (Phi) is 6.16. The Morgan fingerprint density at radius 1 is 1.39 bits per heavy atom. The van der Waals surface area contributed by atoms with Crippen molar-refractivity contribution in [3.63, 3.8) is 0 Å². The third-order valence-corrected chi connectivity index (χ3v) is 3.36. The van der Waals surface area contributed by atoms with Gasteiger partial charge >= 0.3 is 0 Å². The summed E-state index contributed by atoms with van der Waals surface area (Å²) in [5.41, 5.74) is 6.38. The predicted molar refractivity (Wildman–Crippen MR) is 75.5 cm³/mol. The summed E-state index contributed by atoms with van der Waals surface area (Å²) in [6, 6.07) is 7.48. The number of amides is 1. The van der Waals surface area contributed by atoms with Gasteiger partial charge in [-0.05, 0) is 37.9 Å². The van der Waals surface area contributed by atoms with E-state index in [1.165, 1.54) is 0 Å². The molecule has 2 atom stereocenters. The van der Waals surface area contributed by atoms with E-state index in [0.717, 1.165) is 18.4 Å². The van der Waals surface area contributed by atoms with Crippen LogP contribution < -0.4 is 11.1 Å². The second-order valence-corrected chi connectivity index (χ2v) is 4.99. The summed E-state index contributed by atoms with van der Waals surface area (Å²) in [6.07, 6.45) is 1.69. The first kappa shape index (κ1) is 15.0. The van der Waals surface area contributed by atoms with Crippen LogP contribution in [-0.4, -0.2) is 12.5 Å². The number of hydrogen-bond donors (Lipinski definition) is 2. The molecule has 0 radical (unpaired) electrons. The molecule has 0 fully saturated rings. The monoisotopic (exact) mass is 268 g/mol. The minimum absolute atomic E-state index is 0.0153. The highest BCUT2D eigenvalue weighted by Crippen LogP contribution is 2.22. The Morgan fingerprint density at radius 3 is 2.67 bits per heavy atom. The van der Waals surface area contributed by atoms with Crippen LogP contribution in [0.1, 0.15) is 38.3 Å². The number of halogens is 1. The first-order chi connectivity index (χ1) is 8.56. The molecule has 1 aromatic carbocycles. The molecular weight excluding hydrogens is 248 g/mol. The summed E-state index contributed by atoms with van der Waals surface area (Å²) in [7, 11) is 0. The van der Waals surface area contributed by atoms with Crippen molar-refractivity contribution in [1.82, 2.24) is 5.32 Å². The summed E-state index contributed by atoms with van der Waals surface area (Å²) >= 11 is 6.10. The lowest BCUT2D eigenvalue weighted by molar-refractivity contribution is -0.125. The Balaban J connectivity index is 2.57. The number of carbonyl (C=O) groups is 1. The summed E-state index contributed by atoms with van der Waals surface area (Å²) < 4.78 is 0. The lowest BCUT2D eigenvalue weighted by Gasteiger charge is -2.18. The van der Waals surface area contributed by atoms with Crippen LogP contribution in [0, 0.1) is 5.92 Å². The van der Waals surface area contributed by atoms with E-state index in [4.69, 9.17) is 17.3 Å². The van der Waals surface area contributed by atoms with Gasteiger partial charge in [-0.25, -0.2) is 0 Å².